The zero-order chi connectivity index (χ0) is 24.4. The molecule has 5 heteroatoms. The summed E-state index contributed by atoms with van der Waals surface area (Å²) < 4.78 is 11.4. The first-order valence-electron chi connectivity index (χ1n) is 11.9. The van der Waals surface area contributed by atoms with E-state index >= 15 is 0 Å². The molecule has 6 rings (SSSR count). The molecule has 6 aromatic rings. The van der Waals surface area contributed by atoms with Crippen molar-refractivity contribution in [2.45, 2.75) is 38.9 Å². The van der Waals surface area contributed by atoms with E-state index in [0.29, 0.717) is 7.48 Å². The fourth-order valence-electron chi connectivity index (χ4n) is 4.49. The molecule has 0 unspecified atom stereocenters. The van der Waals surface area contributed by atoms with Crippen molar-refractivity contribution in [1.29, 1.82) is 0 Å². The second-order valence-electron chi connectivity index (χ2n) is 10.3. The molecule has 2 nitrogen and oxygen atoms in total. The highest BCUT2D eigenvalue weighted by atomic mass is 32.1. The van der Waals surface area contributed by atoms with Crippen LogP contribution >= 0.6 is 22.7 Å². The minimum absolute atomic E-state index is 0.468. The summed E-state index contributed by atoms with van der Waals surface area (Å²) in [6, 6.07) is 28.7. The Morgan fingerprint density at radius 3 is 1.97 bits per heavy atom. The molecule has 174 valence electrons. The summed E-state index contributed by atoms with van der Waals surface area (Å²) in [5.74, 6) is 0. The molecule has 0 aliphatic heterocycles. The molecule has 1 N–H and O–H groups in total. The van der Waals surface area contributed by atoms with Crippen LogP contribution < -0.4 is 5.46 Å². The summed E-state index contributed by atoms with van der Waals surface area (Å²) in [6.07, 6.45) is 0. The summed E-state index contributed by atoms with van der Waals surface area (Å²) in [4.78, 5) is 0. The van der Waals surface area contributed by atoms with Gasteiger partial charge < -0.3 is 9.76 Å². The van der Waals surface area contributed by atoms with Gasteiger partial charge in [0.15, 0.2) is 0 Å². The molecular weight excluding hydrogens is 467 g/mol. The predicted molar refractivity (Wildman–Crippen MR) is 156 cm³/mol. The van der Waals surface area contributed by atoms with E-state index < -0.39 is 11.2 Å². The number of benzene rings is 4. The minimum Gasteiger partial charge on any atom is -0.427 e. The third-order valence-electron chi connectivity index (χ3n) is 7.35. The highest BCUT2D eigenvalue weighted by Gasteiger charge is 2.35. The Hall–Kier alpha value is -2.70. The summed E-state index contributed by atoms with van der Waals surface area (Å²) in [5.41, 5.74) is 2.07. The zero-order valence-corrected chi connectivity index (χ0v) is 22.0. The van der Waals surface area contributed by atoms with Crippen LogP contribution in [-0.4, -0.2) is 23.8 Å². The van der Waals surface area contributed by atoms with Crippen molar-refractivity contribution < 1.29 is 9.76 Å². The van der Waals surface area contributed by atoms with Crippen LogP contribution in [0.15, 0.2) is 78.9 Å². The molecule has 0 saturated carbocycles. The van der Waals surface area contributed by atoms with Crippen molar-refractivity contribution in [3.63, 3.8) is 0 Å². The Morgan fingerprint density at radius 1 is 0.657 bits per heavy atom. The van der Waals surface area contributed by atoms with Crippen molar-refractivity contribution in [3.8, 4) is 11.1 Å². The van der Waals surface area contributed by atoms with E-state index in [9.17, 15) is 5.11 Å². The van der Waals surface area contributed by atoms with Crippen molar-refractivity contribution >= 4 is 76.0 Å². The molecule has 0 spiro atoms. The lowest BCUT2D eigenvalue weighted by Gasteiger charge is -2.37. The first kappa shape index (κ1) is 22.7. The van der Waals surface area contributed by atoms with Gasteiger partial charge in [-0.3, -0.25) is 0 Å². The van der Waals surface area contributed by atoms with E-state index in [2.05, 4.69) is 78.9 Å². The van der Waals surface area contributed by atoms with Crippen LogP contribution in [0.1, 0.15) is 27.7 Å². The molecule has 0 bridgehead atoms. The summed E-state index contributed by atoms with van der Waals surface area (Å²) in [6.45, 7) is 7.48. The third kappa shape index (κ3) is 3.87. The van der Waals surface area contributed by atoms with E-state index in [1.807, 2.05) is 36.5 Å². The largest absolute Gasteiger partial charge is 0.427 e. The molecule has 0 saturated heterocycles. The lowest BCUT2D eigenvalue weighted by Crippen LogP contribution is -2.49. The number of hydrogen-bond donors (Lipinski definition) is 1. The molecular formula is C30H27BO2S2. The second kappa shape index (κ2) is 8.17. The fourth-order valence-corrected chi connectivity index (χ4v) is 6.76. The molecule has 0 fully saturated rings. The molecule has 0 atom stereocenters. The monoisotopic (exact) mass is 494 g/mol. The predicted octanol–water partition coefficient (Wildman–Crippen LogP) is 7.63. The number of fused-ring (bicyclic) bond motifs is 6. The average Bonchev–Trinajstić information content (AvgIpc) is 3.39. The van der Waals surface area contributed by atoms with Crippen LogP contribution in [0.3, 0.4) is 0 Å². The van der Waals surface area contributed by atoms with Gasteiger partial charge in [-0.15, -0.1) is 22.7 Å². The molecule has 35 heavy (non-hydrogen) atoms. The summed E-state index contributed by atoms with van der Waals surface area (Å²) >= 11 is 3.67. The SMILES string of the molecule is CC(C)(O)C(C)(C)OBc1cccc2c1sc1ccc(-c3ccc4sc5ccccc5c4c3)cc12. The quantitative estimate of drug-likeness (QED) is 0.250. The first-order valence-corrected chi connectivity index (χ1v) is 13.6. The minimum atomic E-state index is -0.926. The smallest absolute Gasteiger partial charge is 0.310 e. The number of rotatable bonds is 5. The lowest BCUT2D eigenvalue weighted by atomic mass is 9.82. The molecule has 2 aromatic heterocycles. The van der Waals surface area contributed by atoms with E-state index in [-0.39, 0.29) is 0 Å². The molecule has 0 aliphatic rings. The Balaban J connectivity index is 1.42. The number of hydrogen-bond acceptors (Lipinski definition) is 4. The van der Waals surface area contributed by atoms with Crippen molar-refractivity contribution in [2.24, 2.45) is 0 Å². The maximum Gasteiger partial charge on any atom is 0.310 e. The van der Waals surface area contributed by atoms with Crippen molar-refractivity contribution in [3.05, 3.63) is 78.9 Å². The maximum absolute atomic E-state index is 10.5. The highest BCUT2D eigenvalue weighted by Crippen LogP contribution is 2.39. The van der Waals surface area contributed by atoms with Gasteiger partial charge in [0.2, 0.25) is 0 Å². The molecule has 0 aliphatic carbocycles. The Bertz CT molecular complexity index is 1720. The normalized spacial score (nSPS) is 12.8. The van der Waals surface area contributed by atoms with Crippen molar-refractivity contribution in [2.75, 3.05) is 0 Å². The van der Waals surface area contributed by atoms with Crippen LogP contribution in [0.4, 0.5) is 0 Å². The standard InChI is InChI=1S/C30H27BO2S2/c1-29(2,32)30(3,4)33-31-24-10-7-9-21-23-17-19(13-15-27(23)35-28(21)24)18-12-14-26-22(16-18)20-8-5-6-11-25(20)34-26/h5-17,31-32H,1-4H3. The van der Waals surface area contributed by atoms with Gasteiger partial charge in [-0.25, -0.2) is 0 Å². The van der Waals surface area contributed by atoms with Gasteiger partial charge >= 0.3 is 7.48 Å². The molecule has 0 amide bonds. The van der Waals surface area contributed by atoms with Gasteiger partial charge in [0.25, 0.3) is 0 Å². The molecule has 4 aromatic carbocycles. The van der Waals surface area contributed by atoms with Crippen LogP contribution in [0.2, 0.25) is 0 Å². The van der Waals surface area contributed by atoms with E-state index in [1.54, 1.807) is 13.8 Å². The van der Waals surface area contributed by atoms with Gasteiger partial charge in [-0.05, 0) is 80.0 Å². The Labute approximate surface area is 214 Å². The average molecular weight is 494 g/mol. The number of aliphatic hydroxyl groups is 1. The van der Waals surface area contributed by atoms with Crippen LogP contribution in [0.25, 0.3) is 51.5 Å². The zero-order valence-electron chi connectivity index (χ0n) is 20.4. The van der Waals surface area contributed by atoms with Gasteiger partial charge in [0, 0.05) is 35.0 Å². The van der Waals surface area contributed by atoms with E-state index in [4.69, 9.17) is 4.65 Å². The van der Waals surface area contributed by atoms with Crippen LogP contribution in [-0.2, 0) is 4.65 Å². The summed E-state index contributed by atoms with van der Waals surface area (Å²) in [7, 11) is 0.468. The summed E-state index contributed by atoms with van der Waals surface area (Å²) in [5, 5.41) is 15.7. The Kier molecular flexibility index (Phi) is 5.31. The molecule has 0 radical (unpaired) electrons. The fraction of sp³-hybridized carbons (Fsp3) is 0.200. The van der Waals surface area contributed by atoms with Crippen LogP contribution in [0.5, 0.6) is 0 Å². The number of thiophene rings is 2. The van der Waals surface area contributed by atoms with Gasteiger partial charge in [0.1, 0.15) is 0 Å². The highest BCUT2D eigenvalue weighted by molar-refractivity contribution is 7.27. The lowest BCUT2D eigenvalue weighted by molar-refractivity contribution is -0.0893. The topological polar surface area (TPSA) is 29.5 Å². The van der Waals surface area contributed by atoms with Gasteiger partial charge in [-0.1, -0.05) is 48.5 Å². The Morgan fingerprint density at radius 2 is 1.26 bits per heavy atom. The van der Waals surface area contributed by atoms with Gasteiger partial charge in [0.05, 0.1) is 11.2 Å². The van der Waals surface area contributed by atoms with E-state index in [0.717, 1.165) is 5.46 Å². The van der Waals surface area contributed by atoms with Gasteiger partial charge in [-0.2, -0.15) is 0 Å². The van der Waals surface area contributed by atoms with E-state index in [1.165, 1.54) is 51.5 Å². The second-order valence-corrected chi connectivity index (χ2v) is 12.4. The molecule has 2 heterocycles. The van der Waals surface area contributed by atoms with Crippen molar-refractivity contribution in [1.82, 2.24) is 0 Å². The third-order valence-corrected chi connectivity index (χ3v) is 9.76. The first-order chi connectivity index (χ1) is 16.7. The van der Waals surface area contributed by atoms with Crippen LogP contribution in [0, 0.1) is 0 Å². The maximum atomic E-state index is 10.5.